The quantitative estimate of drug-likeness (QED) is 0.574. The highest BCUT2D eigenvalue weighted by Crippen LogP contribution is 2.47. The van der Waals surface area contributed by atoms with E-state index in [-0.39, 0.29) is 17.6 Å². The van der Waals surface area contributed by atoms with Crippen LogP contribution < -0.4 is 10.3 Å². The summed E-state index contributed by atoms with van der Waals surface area (Å²) in [6.45, 7) is 1.58. The van der Waals surface area contributed by atoms with Crippen LogP contribution in [-0.4, -0.2) is 43.7 Å². The molecule has 2 amide bonds. The van der Waals surface area contributed by atoms with Gasteiger partial charge >= 0.3 is 0 Å². The van der Waals surface area contributed by atoms with Gasteiger partial charge in [-0.05, 0) is 42.7 Å². The zero-order valence-electron chi connectivity index (χ0n) is 14.8. The Bertz CT molecular complexity index is 997. The summed E-state index contributed by atoms with van der Waals surface area (Å²) in [6, 6.07) is 5.14. The van der Waals surface area contributed by atoms with Gasteiger partial charge in [-0.15, -0.1) is 4.68 Å². The minimum atomic E-state index is -0.784. The maximum absolute atomic E-state index is 12.4. The molecule has 140 valence electrons. The van der Waals surface area contributed by atoms with Crippen LogP contribution in [0, 0.1) is 5.92 Å². The molecular weight excluding hydrogens is 370 g/mol. The fraction of sp³-hybridized carbons (Fsp3) is 0.333. The molecule has 0 bridgehead atoms. The van der Waals surface area contributed by atoms with Crippen LogP contribution in [0.25, 0.3) is 11.3 Å². The molecule has 1 aromatic carbocycles. The van der Waals surface area contributed by atoms with E-state index in [0.717, 1.165) is 5.69 Å². The van der Waals surface area contributed by atoms with Gasteiger partial charge in [-0.2, -0.15) is 0 Å². The predicted molar refractivity (Wildman–Crippen MR) is 96.3 cm³/mol. The van der Waals surface area contributed by atoms with Crippen molar-refractivity contribution in [3.05, 3.63) is 47.1 Å². The number of aromatic nitrogens is 3. The first-order valence-corrected chi connectivity index (χ1v) is 8.91. The molecule has 0 unspecified atom stereocenters. The number of fused-ring (bicyclic) bond motifs is 1. The van der Waals surface area contributed by atoms with Crippen molar-refractivity contribution in [1.29, 1.82) is 0 Å². The molecule has 0 spiro atoms. The summed E-state index contributed by atoms with van der Waals surface area (Å²) in [4.78, 5) is 25.9. The smallest absolute Gasteiger partial charge is 0.270 e. The SMILES string of the molecule is C[C@@H](O)[C@H]1C(=O)N2C(C(N)=O)=C(c3cc(Cl)cc(-[n+]4cnn(C)c4)c3)C[C@H]12. The second-order valence-electron chi connectivity index (χ2n) is 6.96. The number of aliphatic hydroxyl groups excluding tert-OH is 1. The Morgan fingerprint density at radius 3 is 2.78 bits per heavy atom. The maximum atomic E-state index is 12.4. The van der Waals surface area contributed by atoms with E-state index in [1.54, 1.807) is 48.0 Å². The third-order valence-corrected chi connectivity index (χ3v) is 5.36. The molecule has 2 aromatic rings. The zero-order valence-corrected chi connectivity index (χ0v) is 15.6. The molecule has 1 aromatic heterocycles. The highest BCUT2D eigenvalue weighted by molar-refractivity contribution is 6.31. The number of β-lactam (4-membered cyclic amide) rings is 1. The van der Waals surface area contributed by atoms with Gasteiger partial charge in [-0.1, -0.05) is 11.6 Å². The summed E-state index contributed by atoms with van der Waals surface area (Å²) in [6.07, 6.45) is 3.09. The number of halogens is 1. The number of nitrogens with two attached hydrogens (primary N) is 1. The van der Waals surface area contributed by atoms with Gasteiger partial charge in [0.2, 0.25) is 12.2 Å². The topological polar surface area (TPSA) is 105 Å². The number of hydrogen-bond donors (Lipinski definition) is 2. The molecule has 4 rings (SSSR count). The molecule has 9 heteroatoms. The van der Waals surface area contributed by atoms with E-state index in [1.165, 1.54) is 4.90 Å². The average molecular weight is 389 g/mol. The largest absolute Gasteiger partial charge is 0.393 e. The number of nitrogens with zero attached hydrogens (tertiary/aromatic N) is 4. The first-order chi connectivity index (χ1) is 12.8. The van der Waals surface area contributed by atoms with Gasteiger partial charge in [0.1, 0.15) is 11.4 Å². The van der Waals surface area contributed by atoms with E-state index in [9.17, 15) is 14.7 Å². The monoisotopic (exact) mass is 388 g/mol. The van der Waals surface area contributed by atoms with E-state index < -0.39 is 17.9 Å². The number of benzene rings is 1. The molecule has 27 heavy (non-hydrogen) atoms. The van der Waals surface area contributed by atoms with E-state index in [2.05, 4.69) is 5.10 Å². The number of carbonyl (C=O) groups is 2. The summed E-state index contributed by atoms with van der Waals surface area (Å²) in [5.74, 6) is -1.47. The normalized spacial score (nSPS) is 22.7. The summed E-state index contributed by atoms with van der Waals surface area (Å²) in [5, 5.41) is 14.5. The van der Waals surface area contributed by atoms with Crippen molar-refractivity contribution in [2.45, 2.75) is 25.5 Å². The van der Waals surface area contributed by atoms with Crippen molar-refractivity contribution < 1.29 is 19.3 Å². The van der Waals surface area contributed by atoms with Crippen LogP contribution in [0.15, 0.2) is 36.6 Å². The number of amides is 2. The Labute approximate surface area is 160 Å². The third-order valence-electron chi connectivity index (χ3n) is 5.14. The number of primary amides is 1. The van der Waals surface area contributed by atoms with Crippen molar-refractivity contribution in [3.8, 4) is 5.69 Å². The molecule has 0 aliphatic carbocycles. The van der Waals surface area contributed by atoms with E-state index in [1.807, 2.05) is 6.07 Å². The molecule has 2 aliphatic rings. The Hall–Kier alpha value is -2.71. The summed E-state index contributed by atoms with van der Waals surface area (Å²) in [5.41, 5.74) is 7.92. The molecule has 3 atom stereocenters. The van der Waals surface area contributed by atoms with Crippen LogP contribution in [0.1, 0.15) is 18.9 Å². The molecule has 1 fully saturated rings. The molecule has 3 heterocycles. The van der Waals surface area contributed by atoms with Gasteiger partial charge in [0.05, 0.1) is 25.1 Å². The second-order valence-corrected chi connectivity index (χ2v) is 7.40. The van der Waals surface area contributed by atoms with Crippen LogP contribution in [-0.2, 0) is 16.6 Å². The number of aliphatic hydroxyl groups is 1. The summed E-state index contributed by atoms with van der Waals surface area (Å²) < 4.78 is 3.45. The van der Waals surface area contributed by atoms with Gasteiger partial charge in [-0.3, -0.25) is 9.59 Å². The van der Waals surface area contributed by atoms with Crippen molar-refractivity contribution in [2.24, 2.45) is 18.7 Å². The van der Waals surface area contributed by atoms with Crippen molar-refractivity contribution in [3.63, 3.8) is 0 Å². The number of hydrogen-bond acceptors (Lipinski definition) is 4. The minimum absolute atomic E-state index is 0.186. The van der Waals surface area contributed by atoms with Crippen LogP contribution in [0.4, 0.5) is 0 Å². The van der Waals surface area contributed by atoms with Gasteiger partial charge < -0.3 is 15.7 Å². The lowest BCUT2D eigenvalue weighted by Crippen LogP contribution is -2.62. The van der Waals surface area contributed by atoms with E-state index in [0.29, 0.717) is 22.6 Å². The Kier molecular flexibility index (Phi) is 4.05. The van der Waals surface area contributed by atoms with Gasteiger partial charge in [0.25, 0.3) is 12.2 Å². The van der Waals surface area contributed by atoms with Crippen molar-refractivity contribution >= 4 is 29.0 Å². The molecule has 0 radical (unpaired) electrons. The zero-order chi connectivity index (χ0) is 19.5. The lowest BCUT2D eigenvalue weighted by Gasteiger charge is -2.44. The summed E-state index contributed by atoms with van der Waals surface area (Å²) in [7, 11) is 1.80. The van der Waals surface area contributed by atoms with Crippen molar-refractivity contribution in [1.82, 2.24) is 14.7 Å². The Balaban J connectivity index is 1.80. The standard InChI is InChI=1S/C18H18ClN5O3/c1-9(25)15-14-6-13(16(17(20)26)24(14)18(15)27)10-3-11(19)5-12(4-10)23-7-21-22(2)8-23/h3-5,7-9,14-15,25H,6H2,1-2H3,(H-,20,26)/p+1/t9-,14-,15-/m1/s1. The molecule has 1 saturated heterocycles. The minimum Gasteiger partial charge on any atom is -0.393 e. The first-order valence-electron chi connectivity index (χ1n) is 8.53. The van der Waals surface area contributed by atoms with E-state index >= 15 is 0 Å². The summed E-state index contributed by atoms with van der Waals surface area (Å²) >= 11 is 6.31. The number of aryl methyl sites for hydroxylation is 1. The van der Waals surface area contributed by atoms with E-state index in [4.69, 9.17) is 17.3 Å². The fourth-order valence-electron chi connectivity index (χ4n) is 3.97. The maximum Gasteiger partial charge on any atom is 0.270 e. The number of carbonyl (C=O) groups excluding carboxylic acids is 2. The molecule has 0 saturated carbocycles. The van der Waals surface area contributed by atoms with Crippen LogP contribution >= 0.6 is 11.6 Å². The predicted octanol–water partition coefficient (Wildman–Crippen LogP) is 0.158. The Morgan fingerprint density at radius 2 is 2.19 bits per heavy atom. The fourth-order valence-corrected chi connectivity index (χ4v) is 4.20. The van der Waals surface area contributed by atoms with Crippen molar-refractivity contribution in [2.75, 3.05) is 0 Å². The highest BCUT2D eigenvalue weighted by atomic mass is 35.5. The van der Waals surface area contributed by atoms with Crippen LogP contribution in [0.2, 0.25) is 5.02 Å². The molecule has 8 nitrogen and oxygen atoms in total. The molecule has 2 aliphatic heterocycles. The Morgan fingerprint density at radius 1 is 1.44 bits per heavy atom. The van der Waals surface area contributed by atoms with Crippen LogP contribution in [0.3, 0.4) is 0 Å². The number of rotatable bonds is 4. The lowest BCUT2D eigenvalue weighted by molar-refractivity contribution is -0.596. The van der Waals surface area contributed by atoms with Gasteiger partial charge in [0.15, 0.2) is 0 Å². The highest BCUT2D eigenvalue weighted by Gasteiger charge is 2.56. The first kappa shape index (κ1) is 17.7. The lowest BCUT2D eigenvalue weighted by atomic mass is 9.82. The van der Waals surface area contributed by atoms with Gasteiger partial charge in [0, 0.05) is 10.1 Å². The van der Waals surface area contributed by atoms with Crippen LogP contribution in [0.5, 0.6) is 0 Å². The van der Waals surface area contributed by atoms with Gasteiger partial charge in [-0.25, -0.2) is 4.57 Å². The average Bonchev–Trinajstić information content (AvgIpc) is 3.15. The molecular formula is C18H19ClN5O3+. The second kappa shape index (κ2) is 6.17. The third kappa shape index (κ3) is 2.72. The molecule has 3 N–H and O–H groups in total.